The van der Waals surface area contributed by atoms with E-state index in [0.717, 1.165) is 0 Å². The number of benzene rings is 10. The van der Waals surface area contributed by atoms with Crippen LogP contribution in [0.2, 0.25) is 0 Å². The van der Waals surface area contributed by atoms with E-state index < -0.39 is 0 Å². The second-order valence-electron chi connectivity index (χ2n) is 13.6. The average molecular weight is 650 g/mol. The van der Waals surface area contributed by atoms with E-state index >= 15 is 0 Å². The van der Waals surface area contributed by atoms with Gasteiger partial charge in [-0.05, 0) is 79.2 Å². The Balaban J connectivity index is 1.21. The van der Waals surface area contributed by atoms with E-state index in [1.54, 1.807) is 0 Å². The number of hydrogen-bond donors (Lipinski definition) is 0. The molecule has 0 aliphatic heterocycles. The van der Waals surface area contributed by atoms with Crippen LogP contribution in [0.1, 0.15) is 0 Å². The van der Waals surface area contributed by atoms with Gasteiger partial charge in [0.2, 0.25) is 0 Å². The zero-order valence-corrected chi connectivity index (χ0v) is 27.8. The fraction of sp³-hybridized carbons (Fsp3) is 0. The summed E-state index contributed by atoms with van der Waals surface area (Å²) >= 11 is 1.90. The van der Waals surface area contributed by atoms with Crippen molar-refractivity contribution in [3.63, 3.8) is 0 Å². The molecule has 2 aromatic heterocycles. The average Bonchev–Trinajstić information content (AvgIpc) is 3.72. The Kier molecular flexibility index (Phi) is 5.18. The summed E-state index contributed by atoms with van der Waals surface area (Å²) in [6.07, 6.45) is 0. The van der Waals surface area contributed by atoms with Gasteiger partial charge >= 0.3 is 0 Å². The summed E-state index contributed by atoms with van der Waals surface area (Å²) in [6, 6.07) is 61.2. The molecule has 0 bridgehead atoms. The van der Waals surface area contributed by atoms with Gasteiger partial charge in [-0.15, -0.1) is 11.3 Å². The van der Waals surface area contributed by atoms with Crippen molar-refractivity contribution in [2.75, 3.05) is 0 Å². The molecule has 10 aromatic carbocycles. The Morgan fingerprint density at radius 3 is 1.96 bits per heavy atom. The predicted molar refractivity (Wildman–Crippen MR) is 218 cm³/mol. The van der Waals surface area contributed by atoms with Crippen LogP contribution in [0.3, 0.4) is 0 Å². The van der Waals surface area contributed by atoms with Gasteiger partial charge in [0.25, 0.3) is 0 Å². The Morgan fingerprint density at radius 1 is 0.360 bits per heavy atom. The molecule has 2 heteroatoms. The molecule has 0 spiro atoms. The van der Waals surface area contributed by atoms with Crippen molar-refractivity contribution in [2.24, 2.45) is 0 Å². The number of para-hydroxylation sites is 1. The van der Waals surface area contributed by atoms with Crippen LogP contribution in [0.4, 0.5) is 0 Å². The summed E-state index contributed by atoms with van der Waals surface area (Å²) < 4.78 is 5.23. The molecule has 12 aromatic rings. The Hall–Kier alpha value is -6.22. The molecule has 0 radical (unpaired) electrons. The quantitative estimate of drug-likeness (QED) is 0.130. The molecule has 0 aliphatic carbocycles. The summed E-state index contributed by atoms with van der Waals surface area (Å²) in [7, 11) is 0. The van der Waals surface area contributed by atoms with Crippen LogP contribution in [0, 0.1) is 0 Å². The van der Waals surface area contributed by atoms with Gasteiger partial charge in [-0.2, -0.15) is 0 Å². The largest absolute Gasteiger partial charge is 0.308 e. The van der Waals surface area contributed by atoms with Crippen LogP contribution in [0.5, 0.6) is 0 Å². The minimum Gasteiger partial charge on any atom is -0.308 e. The number of aromatic nitrogens is 1. The van der Waals surface area contributed by atoms with Gasteiger partial charge in [-0.3, -0.25) is 0 Å². The molecule has 0 amide bonds. The smallest absolute Gasteiger partial charge is 0.0619 e. The Morgan fingerprint density at radius 2 is 1.04 bits per heavy atom. The van der Waals surface area contributed by atoms with Gasteiger partial charge in [0.15, 0.2) is 0 Å². The zero-order chi connectivity index (χ0) is 32.5. The van der Waals surface area contributed by atoms with E-state index in [-0.39, 0.29) is 0 Å². The fourth-order valence-electron chi connectivity index (χ4n) is 8.99. The van der Waals surface area contributed by atoms with Crippen LogP contribution in [0.25, 0.3) is 113 Å². The Bertz CT molecular complexity index is 3380. The lowest BCUT2D eigenvalue weighted by atomic mass is 9.87. The van der Waals surface area contributed by atoms with Crippen LogP contribution in [-0.2, 0) is 0 Å². The highest BCUT2D eigenvalue weighted by Crippen LogP contribution is 2.47. The molecule has 0 saturated heterocycles. The molecule has 2 heterocycles. The lowest BCUT2D eigenvalue weighted by molar-refractivity contribution is 1.21. The maximum Gasteiger partial charge on any atom is 0.0619 e. The zero-order valence-electron chi connectivity index (χ0n) is 26.9. The van der Waals surface area contributed by atoms with Crippen molar-refractivity contribution in [2.45, 2.75) is 0 Å². The van der Waals surface area contributed by atoms with E-state index in [0.29, 0.717) is 0 Å². The van der Waals surface area contributed by atoms with E-state index in [9.17, 15) is 0 Å². The van der Waals surface area contributed by atoms with Gasteiger partial charge in [0.05, 0.1) is 16.7 Å². The number of hydrogen-bond acceptors (Lipinski definition) is 1. The predicted octanol–water partition coefficient (Wildman–Crippen LogP) is 14.0. The molecule has 0 unspecified atom stereocenters. The molecule has 12 rings (SSSR count). The summed E-state index contributed by atoms with van der Waals surface area (Å²) in [5.74, 6) is 0. The van der Waals surface area contributed by atoms with Crippen molar-refractivity contribution in [1.29, 1.82) is 0 Å². The normalized spacial score (nSPS) is 12.4. The first-order valence-corrected chi connectivity index (χ1v) is 18.1. The van der Waals surface area contributed by atoms with E-state index in [4.69, 9.17) is 0 Å². The highest BCUT2D eigenvalue weighted by atomic mass is 32.1. The third-order valence-electron chi connectivity index (χ3n) is 11.1. The second-order valence-corrected chi connectivity index (χ2v) is 14.7. The number of fused-ring (bicyclic) bond motifs is 10. The monoisotopic (exact) mass is 649 g/mol. The lowest BCUT2D eigenvalue weighted by Crippen LogP contribution is -1.99. The molecule has 0 saturated carbocycles. The standard InChI is InChI=1S/C48H27NS/c1-2-11-31-28(10-1)26-30-20-22-37-33-12-3-4-15-38(33)47(40-24-23-36(31)45(30)46(37)40)49-42-18-7-5-13-34(42)41-27-29(21-25-43(41)49)32-16-9-17-39-35-14-6-8-19-44(35)50-48(32)39/h1-27H. The summed E-state index contributed by atoms with van der Waals surface area (Å²) in [6.45, 7) is 0. The minimum absolute atomic E-state index is 1.23. The van der Waals surface area contributed by atoms with Gasteiger partial charge in [0.1, 0.15) is 0 Å². The van der Waals surface area contributed by atoms with Crippen molar-refractivity contribution in [3.05, 3.63) is 164 Å². The van der Waals surface area contributed by atoms with Gasteiger partial charge in [0, 0.05) is 47.1 Å². The SMILES string of the molecule is c1ccc2c(c1)cc1ccc3c4ccccc4c(-n4c5ccccc5c5cc(-c6cccc7c6sc6ccccc67)ccc54)c4ccc2c1c43. The molecule has 0 atom stereocenters. The molecule has 0 fully saturated rings. The van der Waals surface area contributed by atoms with Crippen molar-refractivity contribution >= 4 is 107 Å². The number of nitrogens with zero attached hydrogens (tertiary/aromatic N) is 1. The Labute approximate surface area is 291 Å². The van der Waals surface area contributed by atoms with Crippen molar-refractivity contribution in [3.8, 4) is 16.8 Å². The molecule has 0 N–H and O–H groups in total. The van der Waals surface area contributed by atoms with E-state index in [2.05, 4.69) is 168 Å². The van der Waals surface area contributed by atoms with Gasteiger partial charge in [-0.1, -0.05) is 133 Å². The first-order valence-electron chi connectivity index (χ1n) is 17.3. The second kappa shape index (κ2) is 9.69. The molecule has 1 nitrogen and oxygen atoms in total. The topological polar surface area (TPSA) is 4.93 Å². The molecule has 50 heavy (non-hydrogen) atoms. The highest BCUT2D eigenvalue weighted by Gasteiger charge is 2.22. The van der Waals surface area contributed by atoms with Gasteiger partial charge in [-0.25, -0.2) is 0 Å². The molecular weight excluding hydrogens is 623 g/mol. The van der Waals surface area contributed by atoms with Crippen LogP contribution < -0.4 is 0 Å². The maximum atomic E-state index is 2.54. The first-order chi connectivity index (χ1) is 24.8. The fourth-order valence-corrected chi connectivity index (χ4v) is 10.2. The summed E-state index contributed by atoms with van der Waals surface area (Å²) in [5.41, 5.74) is 6.25. The summed E-state index contributed by atoms with van der Waals surface area (Å²) in [4.78, 5) is 0. The minimum atomic E-state index is 1.23. The maximum absolute atomic E-state index is 2.54. The molecule has 230 valence electrons. The summed E-state index contributed by atoms with van der Waals surface area (Å²) in [5, 5.41) is 18.3. The highest BCUT2D eigenvalue weighted by molar-refractivity contribution is 7.26. The third-order valence-corrected chi connectivity index (χ3v) is 12.3. The van der Waals surface area contributed by atoms with E-state index in [1.807, 2.05) is 11.3 Å². The van der Waals surface area contributed by atoms with E-state index in [1.165, 1.54) is 113 Å². The number of rotatable bonds is 2. The lowest BCUT2D eigenvalue weighted by Gasteiger charge is -2.20. The number of thiophene rings is 1. The molecule has 0 aliphatic rings. The van der Waals surface area contributed by atoms with Crippen LogP contribution >= 0.6 is 11.3 Å². The molecular formula is C48H27NS. The van der Waals surface area contributed by atoms with Crippen LogP contribution in [-0.4, -0.2) is 4.57 Å². The third kappa shape index (κ3) is 3.41. The van der Waals surface area contributed by atoms with Gasteiger partial charge < -0.3 is 4.57 Å². The van der Waals surface area contributed by atoms with Crippen molar-refractivity contribution < 1.29 is 0 Å². The van der Waals surface area contributed by atoms with Crippen LogP contribution in [0.15, 0.2) is 164 Å². The van der Waals surface area contributed by atoms with Crippen molar-refractivity contribution in [1.82, 2.24) is 4.57 Å². The first kappa shape index (κ1) is 26.7.